The molecule has 0 saturated carbocycles. The van der Waals surface area contributed by atoms with E-state index >= 15 is 0 Å². The second kappa shape index (κ2) is 10.1. The molecule has 1 aliphatic rings. The molecule has 3 aromatic rings. The molecule has 4 rings (SSSR count). The van der Waals surface area contributed by atoms with Crippen molar-refractivity contribution in [2.24, 2.45) is 5.92 Å². The zero-order valence-corrected chi connectivity index (χ0v) is 21.1. The lowest BCUT2D eigenvalue weighted by Gasteiger charge is -2.26. The Kier molecular flexibility index (Phi) is 7.24. The molecule has 1 unspecified atom stereocenters. The number of carbonyl (C=O) groups excluding carboxylic acids is 1. The average Bonchev–Trinajstić information content (AvgIpc) is 3.30. The van der Waals surface area contributed by atoms with Crippen LogP contribution < -0.4 is 15.0 Å². The first-order valence-electron chi connectivity index (χ1n) is 11.2. The monoisotopic (exact) mass is 564 g/mol. The number of aliphatic hydroxyl groups is 1. The first kappa shape index (κ1) is 25.9. The lowest BCUT2D eigenvalue weighted by Crippen LogP contribution is -2.33. The number of alkyl halides is 3. The second-order valence-electron chi connectivity index (χ2n) is 9.08. The second-order valence-corrected chi connectivity index (χ2v) is 9.89. The molecular weight excluding hydrogens is 541 g/mol. The third-order valence-corrected chi connectivity index (χ3v) is 6.47. The van der Waals surface area contributed by atoms with Gasteiger partial charge in [-0.05, 0) is 72.6 Å². The summed E-state index contributed by atoms with van der Waals surface area (Å²) in [7, 11) is 0. The average molecular weight is 565 g/mol. The Balaban J connectivity index is 1.60. The van der Waals surface area contributed by atoms with Crippen LogP contribution in [0.3, 0.4) is 0 Å². The number of hydrogen-bond donors (Lipinski definition) is 2. The van der Waals surface area contributed by atoms with Gasteiger partial charge >= 0.3 is 6.36 Å². The minimum absolute atomic E-state index is 0.0717. The summed E-state index contributed by atoms with van der Waals surface area (Å²) in [4.78, 5) is 23.9. The quantitative estimate of drug-likeness (QED) is 0.376. The van der Waals surface area contributed by atoms with Crippen molar-refractivity contribution in [2.45, 2.75) is 32.2 Å². The standard InChI is InChI=1S/C25H24BrF3N4O3/c1-24(2,35)17-9-10-33(14-17)22-20(15-3-8-21(26)30-12-15)11-16(13-31-22)23(34)32-18-4-6-19(7-5-18)36-25(27,28)29/h3-8,11-13,17,35H,9-10,14H2,1-2H3,(H,32,34). The fourth-order valence-electron chi connectivity index (χ4n) is 4.05. The number of ether oxygens (including phenoxy) is 1. The zero-order chi connectivity index (χ0) is 26.1. The largest absolute Gasteiger partial charge is 0.573 e. The van der Waals surface area contributed by atoms with E-state index in [1.165, 1.54) is 18.3 Å². The summed E-state index contributed by atoms with van der Waals surface area (Å²) in [6, 6.07) is 10.2. The Morgan fingerprint density at radius 3 is 2.44 bits per heavy atom. The molecule has 11 heteroatoms. The molecule has 0 spiro atoms. The van der Waals surface area contributed by atoms with Crippen molar-refractivity contribution in [2.75, 3.05) is 23.3 Å². The number of anilines is 2. The number of nitrogens with zero attached hydrogens (tertiary/aromatic N) is 3. The van der Waals surface area contributed by atoms with Crippen molar-refractivity contribution in [1.82, 2.24) is 9.97 Å². The van der Waals surface area contributed by atoms with E-state index < -0.39 is 17.9 Å². The molecule has 3 heterocycles. The molecule has 0 aliphatic carbocycles. The van der Waals surface area contributed by atoms with Crippen LogP contribution in [0, 0.1) is 5.92 Å². The number of hydrogen-bond acceptors (Lipinski definition) is 6. The third-order valence-electron chi connectivity index (χ3n) is 6.00. The van der Waals surface area contributed by atoms with Crippen molar-refractivity contribution in [1.29, 1.82) is 0 Å². The summed E-state index contributed by atoms with van der Waals surface area (Å²) in [6.45, 7) is 4.91. The van der Waals surface area contributed by atoms with Gasteiger partial charge in [-0.2, -0.15) is 0 Å². The number of carbonyl (C=O) groups is 1. The molecular formula is C25H24BrF3N4O3. The molecule has 36 heavy (non-hydrogen) atoms. The number of nitrogens with one attached hydrogen (secondary N) is 1. The van der Waals surface area contributed by atoms with Crippen LogP contribution in [-0.4, -0.2) is 46.0 Å². The third kappa shape index (κ3) is 6.33. The van der Waals surface area contributed by atoms with Crippen LogP contribution in [0.25, 0.3) is 11.1 Å². The normalized spacial score (nSPS) is 16.2. The van der Waals surface area contributed by atoms with Crippen molar-refractivity contribution < 1.29 is 27.8 Å². The highest BCUT2D eigenvalue weighted by molar-refractivity contribution is 9.10. The summed E-state index contributed by atoms with van der Waals surface area (Å²) < 4.78 is 41.6. The molecule has 1 fully saturated rings. The molecule has 1 saturated heterocycles. The van der Waals surface area contributed by atoms with E-state index in [2.05, 4.69) is 40.9 Å². The highest BCUT2D eigenvalue weighted by atomic mass is 79.9. The Morgan fingerprint density at radius 2 is 1.86 bits per heavy atom. The Labute approximate surface area is 214 Å². The molecule has 2 N–H and O–H groups in total. The van der Waals surface area contributed by atoms with Crippen molar-refractivity contribution in [3.8, 4) is 16.9 Å². The van der Waals surface area contributed by atoms with Gasteiger partial charge in [0.2, 0.25) is 0 Å². The molecule has 0 radical (unpaired) electrons. The van der Waals surface area contributed by atoms with E-state index in [9.17, 15) is 23.1 Å². The van der Waals surface area contributed by atoms with E-state index in [0.29, 0.717) is 34.8 Å². The number of rotatable bonds is 6. The summed E-state index contributed by atoms with van der Waals surface area (Å²) in [5.74, 6) is -0.106. The molecule has 1 amide bonds. The number of benzene rings is 1. The van der Waals surface area contributed by atoms with E-state index in [1.807, 2.05) is 6.07 Å². The number of aromatic nitrogens is 2. The lowest BCUT2D eigenvalue weighted by molar-refractivity contribution is -0.274. The van der Waals surface area contributed by atoms with Crippen LogP contribution in [0.2, 0.25) is 0 Å². The smallest absolute Gasteiger partial charge is 0.406 e. The molecule has 1 aromatic carbocycles. The van der Waals surface area contributed by atoms with Gasteiger partial charge < -0.3 is 20.1 Å². The summed E-state index contributed by atoms with van der Waals surface area (Å²) >= 11 is 3.33. The van der Waals surface area contributed by atoms with Gasteiger partial charge in [-0.15, -0.1) is 13.2 Å². The van der Waals surface area contributed by atoms with E-state index in [0.717, 1.165) is 24.1 Å². The minimum Gasteiger partial charge on any atom is -0.406 e. The van der Waals surface area contributed by atoms with Crippen molar-refractivity contribution in [3.05, 3.63) is 65.0 Å². The molecule has 2 aromatic heterocycles. The topological polar surface area (TPSA) is 87.6 Å². The predicted molar refractivity (Wildman–Crippen MR) is 133 cm³/mol. The van der Waals surface area contributed by atoms with E-state index in [-0.39, 0.29) is 17.2 Å². The fraction of sp³-hybridized carbons (Fsp3) is 0.320. The number of halogens is 4. The maximum Gasteiger partial charge on any atom is 0.573 e. The first-order valence-corrected chi connectivity index (χ1v) is 11.9. The van der Waals surface area contributed by atoms with E-state index in [1.54, 1.807) is 32.2 Å². The van der Waals surface area contributed by atoms with Gasteiger partial charge in [-0.1, -0.05) is 6.07 Å². The molecule has 0 bridgehead atoms. The van der Waals surface area contributed by atoms with Gasteiger partial charge in [0.1, 0.15) is 16.2 Å². The maximum absolute atomic E-state index is 12.9. The molecule has 1 atom stereocenters. The Morgan fingerprint density at radius 1 is 1.14 bits per heavy atom. The van der Waals surface area contributed by atoms with Crippen molar-refractivity contribution >= 4 is 33.3 Å². The van der Waals surface area contributed by atoms with Crippen LogP contribution in [-0.2, 0) is 0 Å². The highest BCUT2D eigenvalue weighted by Crippen LogP contribution is 2.36. The van der Waals surface area contributed by atoms with Crippen LogP contribution in [0.15, 0.2) is 59.5 Å². The first-order chi connectivity index (χ1) is 16.9. The summed E-state index contributed by atoms with van der Waals surface area (Å²) in [5.41, 5.74) is 1.21. The SMILES string of the molecule is CC(C)(O)C1CCN(c2ncc(C(=O)Nc3ccc(OC(F)(F)F)cc3)cc2-c2ccc(Br)nc2)C1. The summed E-state index contributed by atoms with van der Waals surface area (Å²) in [5, 5.41) is 13.1. The fourth-order valence-corrected chi connectivity index (χ4v) is 4.29. The van der Waals surface area contributed by atoms with Gasteiger partial charge in [-0.3, -0.25) is 4.79 Å². The minimum atomic E-state index is -4.79. The van der Waals surface area contributed by atoms with Crippen LogP contribution in [0.4, 0.5) is 24.7 Å². The molecule has 190 valence electrons. The molecule has 1 aliphatic heterocycles. The number of amides is 1. The van der Waals surface area contributed by atoms with Gasteiger partial charge in [0.25, 0.3) is 5.91 Å². The van der Waals surface area contributed by atoms with Crippen LogP contribution in [0.1, 0.15) is 30.6 Å². The summed E-state index contributed by atoms with van der Waals surface area (Å²) in [6.07, 6.45) is -0.855. The molecule has 7 nitrogen and oxygen atoms in total. The maximum atomic E-state index is 12.9. The Bertz CT molecular complexity index is 1230. The van der Waals surface area contributed by atoms with Crippen LogP contribution in [0.5, 0.6) is 5.75 Å². The van der Waals surface area contributed by atoms with Gasteiger partial charge in [0.15, 0.2) is 0 Å². The highest BCUT2D eigenvalue weighted by Gasteiger charge is 2.35. The van der Waals surface area contributed by atoms with E-state index in [4.69, 9.17) is 0 Å². The number of pyridine rings is 2. The lowest BCUT2D eigenvalue weighted by atomic mass is 9.90. The van der Waals surface area contributed by atoms with Gasteiger partial charge in [0, 0.05) is 48.2 Å². The zero-order valence-electron chi connectivity index (χ0n) is 19.5. The predicted octanol–water partition coefficient (Wildman–Crippen LogP) is 5.65. The van der Waals surface area contributed by atoms with Crippen LogP contribution >= 0.6 is 15.9 Å². The Hall–Kier alpha value is -3.18. The van der Waals surface area contributed by atoms with Gasteiger partial charge in [0.05, 0.1) is 11.2 Å². The van der Waals surface area contributed by atoms with Gasteiger partial charge in [-0.25, -0.2) is 9.97 Å². The van der Waals surface area contributed by atoms with Crippen molar-refractivity contribution in [3.63, 3.8) is 0 Å².